The molecule has 0 aliphatic carbocycles. The number of benzene rings is 3. The van der Waals surface area contributed by atoms with Crippen molar-refractivity contribution >= 4 is 54.8 Å². The third-order valence-electron chi connectivity index (χ3n) is 4.08. The van der Waals surface area contributed by atoms with E-state index < -0.39 is 0 Å². The van der Waals surface area contributed by atoms with Crippen molar-refractivity contribution in [2.45, 2.75) is 0 Å². The molecule has 0 atom stereocenters. The molecule has 0 saturated heterocycles. The van der Waals surface area contributed by atoms with Gasteiger partial charge >= 0.3 is 0 Å². The minimum absolute atomic E-state index is 0.0557. The fourth-order valence-electron chi connectivity index (χ4n) is 2.65. The van der Waals surface area contributed by atoms with Gasteiger partial charge in [-0.2, -0.15) is 0 Å². The number of aromatic hydroxyl groups is 2. The molecule has 0 radical (unpaired) electrons. The lowest BCUT2D eigenvalue weighted by atomic mass is 10.2. The first-order valence-corrected chi connectivity index (χ1v) is 9.60. The summed E-state index contributed by atoms with van der Waals surface area (Å²) in [5.74, 6) is 0.675. The molecule has 4 aromatic rings. The number of nitrogens with one attached hydrogen (secondary N) is 1. The summed E-state index contributed by atoms with van der Waals surface area (Å²) in [7, 11) is 0. The molecule has 3 aromatic carbocycles. The van der Waals surface area contributed by atoms with Gasteiger partial charge in [-0.25, -0.2) is 4.98 Å². The van der Waals surface area contributed by atoms with Crippen LogP contribution < -0.4 is 0 Å². The lowest BCUT2D eigenvalue weighted by Gasteiger charge is -2.06. The van der Waals surface area contributed by atoms with Gasteiger partial charge in [0.2, 0.25) is 0 Å². The Morgan fingerprint density at radius 2 is 1.70 bits per heavy atom. The summed E-state index contributed by atoms with van der Waals surface area (Å²) in [6.07, 6.45) is 1.54. The first-order chi connectivity index (χ1) is 13.0. The molecule has 27 heavy (non-hydrogen) atoms. The zero-order valence-corrected chi connectivity index (χ0v) is 17.0. The van der Waals surface area contributed by atoms with Crippen LogP contribution in [0.3, 0.4) is 0 Å². The van der Waals surface area contributed by atoms with Gasteiger partial charge in [-0.1, -0.05) is 12.1 Å². The van der Waals surface area contributed by atoms with Crippen molar-refractivity contribution < 1.29 is 10.2 Å². The number of aromatic nitrogens is 2. The first-order valence-electron chi connectivity index (χ1n) is 8.02. The molecule has 0 spiro atoms. The number of hydrogen-bond acceptors (Lipinski definition) is 4. The van der Waals surface area contributed by atoms with Crippen LogP contribution in [0.25, 0.3) is 22.4 Å². The molecule has 0 bridgehead atoms. The maximum absolute atomic E-state index is 10.1. The summed E-state index contributed by atoms with van der Waals surface area (Å²) in [6, 6.07) is 17.1. The van der Waals surface area contributed by atoms with E-state index in [9.17, 15) is 10.2 Å². The Bertz CT molecular complexity index is 1140. The molecule has 5 nitrogen and oxygen atoms in total. The van der Waals surface area contributed by atoms with Gasteiger partial charge in [0.05, 0.1) is 21.2 Å². The molecule has 1 aromatic heterocycles. The number of aliphatic imine (C=N–C) groups is 1. The second-order valence-corrected chi connectivity index (χ2v) is 7.51. The van der Waals surface area contributed by atoms with Gasteiger partial charge in [-0.05, 0) is 74.3 Å². The second kappa shape index (κ2) is 7.17. The molecule has 4 rings (SSSR count). The molecule has 0 aliphatic rings. The van der Waals surface area contributed by atoms with Crippen LogP contribution in [0.2, 0.25) is 0 Å². The molecular weight excluding hydrogens is 474 g/mol. The number of hydrogen-bond donors (Lipinski definition) is 3. The Balaban J connectivity index is 1.60. The van der Waals surface area contributed by atoms with E-state index in [4.69, 9.17) is 0 Å². The van der Waals surface area contributed by atoms with Crippen LogP contribution >= 0.6 is 31.9 Å². The summed E-state index contributed by atoms with van der Waals surface area (Å²) >= 11 is 6.40. The number of aromatic amines is 1. The number of para-hydroxylation sites is 2. The zero-order valence-electron chi connectivity index (χ0n) is 13.8. The zero-order chi connectivity index (χ0) is 19.0. The third kappa shape index (κ3) is 3.48. The number of rotatable bonds is 3. The third-order valence-corrected chi connectivity index (χ3v) is 5.44. The predicted octanol–water partition coefficient (Wildman–Crippen LogP) is 5.92. The molecular formula is C20H13Br2N3O2. The van der Waals surface area contributed by atoms with Crippen LogP contribution in [0.5, 0.6) is 11.5 Å². The van der Waals surface area contributed by atoms with Crippen LogP contribution in [-0.2, 0) is 0 Å². The van der Waals surface area contributed by atoms with Gasteiger partial charge in [0.1, 0.15) is 21.8 Å². The van der Waals surface area contributed by atoms with Crippen LogP contribution in [0, 0.1) is 0 Å². The first kappa shape index (κ1) is 17.8. The SMILES string of the molecule is Oc1c(Br)cc(C=Nc2ccc(-c3nc4ccccc4[nH]3)cc2)c(O)c1Br. The second-order valence-electron chi connectivity index (χ2n) is 5.87. The maximum Gasteiger partial charge on any atom is 0.147 e. The predicted molar refractivity (Wildman–Crippen MR) is 114 cm³/mol. The number of phenolic OH excluding ortho intramolecular Hbond substituents is 2. The highest BCUT2D eigenvalue weighted by Gasteiger charge is 2.12. The summed E-state index contributed by atoms with van der Waals surface area (Å²) in [6.45, 7) is 0. The number of H-pyrrole nitrogens is 1. The fourth-order valence-corrected chi connectivity index (χ4v) is 3.81. The highest BCUT2D eigenvalue weighted by atomic mass is 79.9. The largest absolute Gasteiger partial charge is 0.506 e. The molecule has 1 heterocycles. The average Bonchev–Trinajstić information content (AvgIpc) is 3.13. The van der Waals surface area contributed by atoms with Crippen LogP contribution in [0.4, 0.5) is 5.69 Å². The highest BCUT2D eigenvalue weighted by Crippen LogP contribution is 2.40. The quantitative estimate of drug-likeness (QED) is 0.314. The number of halogens is 2. The summed E-state index contributed by atoms with van der Waals surface area (Å²) in [5, 5.41) is 19.9. The van der Waals surface area contributed by atoms with Gasteiger partial charge in [0, 0.05) is 17.3 Å². The van der Waals surface area contributed by atoms with Crippen LogP contribution in [-0.4, -0.2) is 26.4 Å². The molecule has 134 valence electrons. The maximum atomic E-state index is 10.1. The monoisotopic (exact) mass is 485 g/mol. The molecule has 0 unspecified atom stereocenters. The van der Waals surface area contributed by atoms with Crippen molar-refractivity contribution in [1.29, 1.82) is 0 Å². The number of imidazole rings is 1. The number of fused-ring (bicyclic) bond motifs is 1. The Hall–Kier alpha value is -2.64. The van der Waals surface area contributed by atoms with Crippen LogP contribution in [0.1, 0.15) is 5.56 Å². The van der Waals surface area contributed by atoms with Crippen molar-refractivity contribution in [2.24, 2.45) is 4.99 Å². The van der Waals surface area contributed by atoms with Crippen molar-refractivity contribution in [3.8, 4) is 22.9 Å². The van der Waals surface area contributed by atoms with Crippen LogP contribution in [0.15, 0.2) is 68.5 Å². The van der Waals surface area contributed by atoms with E-state index >= 15 is 0 Å². The molecule has 3 N–H and O–H groups in total. The topological polar surface area (TPSA) is 81.5 Å². The molecule has 7 heteroatoms. The van der Waals surface area contributed by atoms with E-state index in [1.165, 1.54) is 0 Å². The van der Waals surface area contributed by atoms with Gasteiger partial charge < -0.3 is 15.2 Å². The van der Waals surface area contributed by atoms with E-state index in [2.05, 4.69) is 46.8 Å². The minimum Gasteiger partial charge on any atom is -0.506 e. The Kier molecular flexibility index (Phi) is 4.72. The van der Waals surface area contributed by atoms with Crippen molar-refractivity contribution in [3.05, 3.63) is 69.1 Å². The van der Waals surface area contributed by atoms with E-state index in [0.717, 1.165) is 28.1 Å². The van der Waals surface area contributed by atoms with Crippen molar-refractivity contribution in [1.82, 2.24) is 9.97 Å². The van der Waals surface area contributed by atoms with E-state index in [1.807, 2.05) is 48.5 Å². The van der Waals surface area contributed by atoms with Gasteiger partial charge in [-0.3, -0.25) is 4.99 Å². The normalized spacial score (nSPS) is 11.5. The summed E-state index contributed by atoms with van der Waals surface area (Å²) in [5.41, 5.74) is 4.09. The molecule has 0 amide bonds. The average molecular weight is 487 g/mol. The van der Waals surface area contributed by atoms with Crippen molar-refractivity contribution in [2.75, 3.05) is 0 Å². The standard InChI is InChI=1S/C20H13Br2N3O2/c21-14-9-12(18(26)17(22)19(14)27)10-23-13-7-5-11(6-8-13)20-24-15-3-1-2-4-16(15)25-20/h1-10,26-27H,(H,24,25). The van der Waals surface area contributed by atoms with E-state index in [0.29, 0.717) is 10.0 Å². The Morgan fingerprint density at radius 3 is 2.44 bits per heavy atom. The van der Waals surface area contributed by atoms with Crippen molar-refractivity contribution in [3.63, 3.8) is 0 Å². The summed E-state index contributed by atoms with van der Waals surface area (Å²) in [4.78, 5) is 12.3. The Labute approximate surface area is 171 Å². The van der Waals surface area contributed by atoms with E-state index in [1.54, 1.807) is 12.3 Å². The molecule has 0 saturated carbocycles. The number of phenols is 2. The van der Waals surface area contributed by atoms with Gasteiger partial charge in [-0.15, -0.1) is 0 Å². The minimum atomic E-state index is -0.0710. The highest BCUT2D eigenvalue weighted by molar-refractivity contribution is 9.11. The molecule has 0 fully saturated rings. The lowest BCUT2D eigenvalue weighted by molar-refractivity contribution is 0.442. The fraction of sp³-hybridized carbons (Fsp3) is 0. The van der Waals surface area contributed by atoms with Gasteiger partial charge in [0.25, 0.3) is 0 Å². The smallest absolute Gasteiger partial charge is 0.147 e. The molecule has 0 aliphatic heterocycles. The Morgan fingerprint density at radius 1 is 0.963 bits per heavy atom. The number of nitrogens with zero attached hydrogens (tertiary/aromatic N) is 2. The lowest BCUT2D eigenvalue weighted by Crippen LogP contribution is -1.86. The van der Waals surface area contributed by atoms with Gasteiger partial charge in [0.15, 0.2) is 0 Å². The summed E-state index contributed by atoms with van der Waals surface area (Å²) < 4.78 is 0.687. The van der Waals surface area contributed by atoms with E-state index in [-0.39, 0.29) is 16.0 Å².